The van der Waals surface area contributed by atoms with Gasteiger partial charge >= 0.3 is 0 Å². The highest BCUT2D eigenvalue weighted by Gasteiger charge is 2.26. The summed E-state index contributed by atoms with van der Waals surface area (Å²) in [6.07, 6.45) is 8.32. The summed E-state index contributed by atoms with van der Waals surface area (Å²) in [6.45, 7) is 3.98. The van der Waals surface area contributed by atoms with Crippen LogP contribution in [0, 0.1) is 0 Å². The number of hydrogen-bond donors (Lipinski definition) is 0. The lowest BCUT2D eigenvalue weighted by molar-refractivity contribution is 0.0980. The van der Waals surface area contributed by atoms with Gasteiger partial charge < -0.3 is 9.80 Å². The topological polar surface area (TPSA) is 49.3 Å². The van der Waals surface area contributed by atoms with Crippen LogP contribution in [-0.2, 0) is 6.42 Å². The first kappa shape index (κ1) is 17.0. The quantitative estimate of drug-likeness (QED) is 0.844. The maximum absolute atomic E-state index is 13.2. The van der Waals surface area contributed by atoms with Crippen molar-refractivity contribution < 1.29 is 4.79 Å². The van der Waals surface area contributed by atoms with E-state index in [0.717, 1.165) is 43.9 Å². The molecule has 2 aromatic rings. The first-order valence-electron chi connectivity index (χ1n) is 9.76. The van der Waals surface area contributed by atoms with Crippen LogP contribution in [0.5, 0.6) is 0 Å². The number of benzene rings is 1. The van der Waals surface area contributed by atoms with Crippen molar-refractivity contribution in [2.45, 2.75) is 51.5 Å². The number of amides is 1. The Balaban J connectivity index is 1.62. The zero-order valence-corrected chi connectivity index (χ0v) is 15.4. The number of rotatable bonds is 3. The van der Waals surface area contributed by atoms with Crippen LogP contribution >= 0.6 is 0 Å². The van der Waals surface area contributed by atoms with Gasteiger partial charge in [0.15, 0.2) is 0 Å². The standard InChI is InChI=1S/C21H26N4O/c1-2-17-10-5-6-12-24(17)20-14-18(22-15-23-20)21(26)25-13-7-9-16-8-3-4-11-19(16)25/h3-4,8,11,14-15,17H,2,5-7,9-10,12-13H2,1H3. The second-order valence-corrected chi connectivity index (χ2v) is 7.20. The highest BCUT2D eigenvalue weighted by atomic mass is 16.2. The molecule has 2 aliphatic heterocycles. The minimum Gasteiger partial charge on any atom is -0.354 e. The molecule has 0 aliphatic carbocycles. The van der Waals surface area contributed by atoms with Crippen LogP contribution < -0.4 is 9.80 Å². The van der Waals surface area contributed by atoms with Gasteiger partial charge in [-0.25, -0.2) is 9.97 Å². The minimum atomic E-state index is -0.0224. The lowest BCUT2D eigenvalue weighted by Crippen LogP contribution is -2.40. The number of para-hydroxylation sites is 1. The summed E-state index contributed by atoms with van der Waals surface area (Å²) in [5, 5.41) is 0. The SMILES string of the molecule is CCC1CCCCN1c1cc(C(=O)N2CCCc3ccccc32)ncn1. The van der Waals surface area contributed by atoms with E-state index in [0.29, 0.717) is 11.7 Å². The zero-order valence-electron chi connectivity index (χ0n) is 15.4. The highest BCUT2D eigenvalue weighted by molar-refractivity contribution is 6.05. The van der Waals surface area contributed by atoms with Crippen molar-refractivity contribution in [3.8, 4) is 0 Å². The predicted molar refractivity (Wildman–Crippen MR) is 104 cm³/mol. The Morgan fingerprint density at radius 1 is 1.15 bits per heavy atom. The average molecular weight is 350 g/mol. The first-order valence-corrected chi connectivity index (χ1v) is 9.76. The summed E-state index contributed by atoms with van der Waals surface area (Å²) < 4.78 is 0. The number of carbonyl (C=O) groups is 1. The van der Waals surface area contributed by atoms with E-state index in [1.165, 1.54) is 24.8 Å². The second kappa shape index (κ2) is 7.44. The average Bonchev–Trinajstić information content (AvgIpc) is 2.73. The molecule has 1 amide bonds. The Morgan fingerprint density at radius 3 is 2.92 bits per heavy atom. The summed E-state index contributed by atoms with van der Waals surface area (Å²) in [4.78, 5) is 26.2. The second-order valence-electron chi connectivity index (χ2n) is 7.20. The molecule has 0 spiro atoms. The molecule has 3 heterocycles. The molecule has 0 N–H and O–H groups in total. The van der Waals surface area contributed by atoms with Gasteiger partial charge in [0.1, 0.15) is 17.8 Å². The molecule has 2 aliphatic rings. The number of fused-ring (bicyclic) bond motifs is 1. The number of nitrogens with zero attached hydrogens (tertiary/aromatic N) is 4. The van der Waals surface area contributed by atoms with Crippen LogP contribution in [0.25, 0.3) is 0 Å². The van der Waals surface area contributed by atoms with E-state index in [2.05, 4.69) is 27.9 Å². The van der Waals surface area contributed by atoms with E-state index >= 15 is 0 Å². The first-order chi connectivity index (χ1) is 12.8. The van der Waals surface area contributed by atoms with E-state index in [4.69, 9.17) is 0 Å². The maximum Gasteiger partial charge on any atom is 0.277 e. The molecule has 5 heteroatoms. The molecule has 1 saturated heterocycles. The molecule has 1 atom stereocenters. The molecule has 1 aromatic heterocycles. The van der Waals surface area contributed by atoms with Crippen molar-refractivity contribution in [1.82, 2.24) is 9.97 Å². The van der Waals surface area contributed by atoms with Crippen molar-refractivity contribution in [2.75, 3.05) is 22.9 Å². The van der Waals surface area contributed by atoms with Crippen LogP contribution in [-0.4, -0.2) is 35.0 Å². The molecule has 1 aromatic carbocycles. The van der Waals surface area contributed by atoms with Crippen molar-refractivity contribution in [3.05, 3.63) is 47.9 Å². The summed E-state index contributed by atoms with van der Waals surface area (Å²) in [5.41, 5.74) is 2.75. The van der Waals surface area contributed by atoms with Crippen LogP contribution in [0.2, 0.25) is 0 Å². The lowest BCUT2D eigenvalue weighted by atomic mass is 10.00. The number of aromatic nitrogens is 2. The van der Waals surface area contributed by atoms with Crippen LogP contribution in [0.4, 0.5) is 11.5 Å². The van der Waals surface area contributed by atoms with Gasteiger partial charge in [-0.2, -0.15) is 0 Å². The zero-order chi connectivity index (χ0) is 17.9. The predicted octanol–water partition coefficient (Wildman–Crippen LogP) is 3.84. The fourth-order valence-corrected chi connectivity index (χ4v) is 4.23. The molecule has 0 radical (unpaired) electrons. The van der Waals surface area contributed by atoms with Gasteiger partial charge in [-0.1, -0.05) is 25.1 Å². The number of hydrogen-bond acceptors (Lipinski definition) is 4. The third-order valence-electron chi connectivity index (χ3n) is 5.62. The van der Waals surface area contributed by atoms with Gasteiger partial charge in [-0.15, -0.1) is 0 Å². The molecule has 5 nitrogen and oxygen atoms in total. The number of anilines is 2. The molecule has 4 rings (SSSR count). The van der Waals surface area contributed by atoms with Crippen molar-refractivity contribution in [3.63, 3.8) is 0 Å². The van der Waals surface area contributed by atoms with E-state index in [1.54, 1.807) is 6.33 Å². The summed E-state index contributed by atoms with van der Waals surface area (Å²) >= 11 is 0. The number of carbonyl (C=O) groups excluding carboxylic acids is 1. The molecule has 136 valence electrons. The van der Waals surface area contributed by atoms with Gasteiger partial charge in [-0.05, 0) is 50.2 Å². The summed E-state index contributed by atoms with van der Waals surface area (Å²) in [7, 11) is 0. The Hall–Kier alpha value is -2.43. The Morgan fingerprint density at radius 2 is 2.04 bits per heavy atom. The maximum atomic E-state index is 13.2. The molecule has 26 heavy (non-hydrogen) atoms. The fourth-order valence-electron chi connectivity index (χ4n) is 4.23. The van der Waals surface area contributed by atoms with Crippen LogP contribution in [0.3, 0.4) is 0 Å². The van der Waals surface area contributed by atoms with Crippen molar-refractivity contribution >= 4 is 17.4 Å². The van der Waals surface area contributed by atoms with Gasteiger partial charge in [0.2, 0.25) is 0 Å². The molecule has 0 bridgehead atoms. The monoisotopic (exact) mass is 350 g/mol. The third kappa shape index (κ3) is 3.18. The molecular weight excluding hydrogens is 324 g/mol. The van der Waals surface area contributed by atoms with Gasteiger partial charge in [-0.3, -0.25) is 4.79 Å². The molecule has 1 unspecified atom stereocenters. The smallest absolute Gasteiger partial charge is 0.277 e. The lowest BCUT2D eigenvalue weighted by Gasteiger charge is -2.36. The van der Waals surface area contributed by atoms with E-state index < -0.39 is 0 Å². The Labute approximate surface area is 155 Å². The Kier molecular flexibility index (Phi) is 4.87. The van der Waals surface area contributed by atoms with Gasteiger partial charge in [0.25, 0.3) is 5.91 Å². The largest absolute Gasteiger partial charge is 0.354 e. The molecule has 1 fully saturated rings. The third-order valence-corrected chi connectivity index (χ3v) is 5.62. The van der Waals surface area contributed by atoms with Crippen molar-refractivity contribution in [1.29, 1.82) is 0 Å². The molecule has 0 saturated carbocycles. The fraction of sp³-hybridized carbons (Fsp3) is 0.476. The minimum absolute atomic E-state index is 0.0224. The molecular formula is C21H26N4O. The van der Waals surface area contributed by atoms with Crippen molar-refractivity contribution in [2.24, 2.45) is 0 Å². The number of aryl methyl sites for hydroxylation is 1. The van der Waals surface area contributed by atoms with Crippen LogP contribution in [0.15, 0.2) is 36.7 Å². The van der Waals surface area contributed by atoms with Crippen LogP contribution in [0.1, 0.15) is 55.1 Å². The Bertz CT molecular complexity index is 791. The van der Waals surface area contributed by atoms with Gasteiger partial charge in [0, 0.05) is 30.9 Å². The number of piperidine rings is 1. The van der Waals surface area contributed by atoms with E-state index in [-0.39, 0.29) is 5.91 Å². The van der Waals surface area contributed by atoms with E-state index in [9.17, 15) is 4.79 Å². The highest BCUT2D eigenvalue weighted by Crippen LogP contribution is 2.29. The van der Waals surface area contributed by atoms with E-state index in [1.807, 2.05) is 29.2 Å². The normalized spacial score (nSPS) is 20.0. The summed E-state index contributed by atoms with van der Waals surface area (Å²) in [5.74, 6) is 0.867. The van der Waals surface area contributed by atoms with Gasteiger partial charge in [0.05, 0.1) is 0 Å². The summed E-state index contributed by atoms with van der Waals surface area (Å²) in [6, 6.07) is 10.6.